The Hall–Kier alpha value is -3.92. The second kappa shape index (κ2) is 10.9. The van der Waals surface area contributed by atoms with Gasteiger partial charge in [-0.05, 0) is 57.2 Å². The van der Waals surface area contributed by atoms with Crippen LogP contribution in [0.1, 0.15) is 34.2 Å². The van der Waals surface area contributed by atoms with Crippen LogP contribution < -0.4 is 4.74 Å². The van der Waals surface area contributed by atoms with Gasteiger partial charge in [0.05, 0.1) is 45.2 Å². The fourth-order valence-corrected chi connectivity index (χ4v) is 6.50. The number of carbonyl (C=O) groups is 1. The molecule has 0 fully saturated rings. The fourth-order valence-electron chi connectivity index (χ4n) is 4.76. The topological polar surface area (TPSA) is 96.7 Å². The summed E-state index contributed by atoms with van der Waals surface area (Å²) < 4.78 is 46.8. The van der Waals surface area contributed by atoms with Crippen LogP contribution in [0.2, 0.25) is 5.02 Å². The lowest BCUT2D eigenvalue weighted by Crippen LogP contribution is -2.16. The first-order valence-corrected chi connectivity index (χ1v) is 14.4. The maximum Gasteiger partial charge on any atom is 0.357 e. The molecule has 10 heteroatoms. The first kappa shape index (κ1) is 27.6. The molecule has 0 aliphatic rings. The fraction of sp³-hybridized carbons (Fsp3) is 0.200. The molecule has 0 saturated heterocycles. The molecular formula is C30H27ClN2O6S. The molecule has 5 aromatic rings. The molecule has 8 nitrogen and oxygen atoms in total. The average Bonchev–Trinajstić information content (AvgIpc) is 3.30. The number of methoxy groups -OCH3 is 1. The molecule has 0 radical (unpaired) electrons. The van der Waals surface area contributed by atoms with Crippen LogP contribution in [0, 0.1) is 13.8 Å². The molecule has 40 heavy (non-hydrogen) atoms. The molecule has 0 unspecified atom stereocenters. The molecule has 0 atom stereocenters. The van der Waals surface area contributed by atoms with Gasteiger partial charge in [0.25, 0.3) is 10.0 Å². The second-order valence-corrected chi connectivity index (χ2v) is 11.4. The minimum Gasteiger partial charge on any atom is -0.461 e. The normalized spacial score (nSPS) is 11.7. The summed E-state index contributed by atoms with van der Waals surface area (Å²) >= 11 is 6.40. The highest BCUT2D eigenvalue weighted by atomic mass is 35.5. The van der Waals surface area contributed by atoms with Gasteiger partial charge in [0.2, 0.25) is 0 Å². The number of nitrogens with zero attached hydrogens (tertiary/aromatic N) is 2. The third-order valence-electron chi connectivity index (χ3n) is 6.50. The summed E-state index contributed by atoms with van der Waals surface area (Å²) in [6.07, 6.45) is 0. The molecule has 3 aromatic carbocycles. The largest absolute Gasteiger partial charge is 0.461 e. The van der Waals surface area contributed by atoms with Crippen molar-refractivity contribution in [1.29, 1.82) is 0 Å². The van der Waals surface area contributed by atoms with Gasteiger partial charge in [-0.25, -0.2) is 22.2 Å². The molecular weight excluding hydrogens is 552 g/mol. The maximum absolute atomic E-state index is 14.3. The van der Waals surface area contributed by atoms with Gasteiger partial charge < -0.3 is 14.2 Å². The smallest absolute Gasteiger partial charge is 0.357 e. The van der Waals surface area contributed by atoms with Crippen molar-refractivity contribution in [2.75, 3.05) is 13.7 Å². The third-order valence-corrected chi connectivity index (χ3v) is 8.54. The summed E-state index contributed by atoms with van der Waals surface area (Å²) in [6, 6.07) is 18.7. The summed E-state index contributed by atoms with van der Waals surface area (Å²) in [4.78, 5) is 17.7. The van der Waals surface area contributed by atoms with E-state index in [2.05, 4.69) is 4.98 Å². The second-order valence-electron chi connectivity index (χ2n) is 9.17. The Morgan fingerprint density at radius 3 is 2.33 bits per heavy atom. The summed E-state index contributed by atoms with van der Waals surface area (Å²) in [5.74, 6) is 0.112. The van der Waals surface area contributed by atoms with Gasteiger partial charge in [-0.15, -0.1) is 0 Å². The number of halogens is 1. The van der Waals surface area contributed by atoms with Gasteiger partial charge in [-0.2, -0.15) is 0 Å². The number of benzene rings is 3. The number of pyridine rings is 1. The van der Waals surface area contributed by atoms with Crippen molar-refractivity contribution in [3.63, 3.8) is 0 Å². The first-order chi connectivity index (χ1) is 19.2. The van der Waals surface area contributed by atoms with Crippen molar-refractivity contribution in [1.82, 2.24) is 8.96 Å². The summed E-state index contributed by atoms with van der Waals surface area (Å²) in [7, 11) is -2.63. The number of ether oxygens (including phenoxy) is 3. The predicted molar refractivity (Wildman–Crippen MR) is 154 cm³/mol. The summed E-state index contributed by atoms with van der Waals surface area (Å²) in [5.41, 5.74) is 2.35. The highest BCUT2D eigenvalue weighted by Gasteiger charge is 2.31. The molecule has 0 aliphatic heterocycles. The zero-order chi connectivity index (χ0) is 28.6. The Balaban J connectivity index is 1.95. The van der Waals surface area contributed by atoms with Crippen LogP contribution in [0.4, 0.5) is 0 Å². The standard InChI is InChI=1S/C30H27ClN2O6S/c1-5-38-30(34)28-21(17-37-4)26-27-23(10-8-12-25(27)39-24-11-7-6-9-22(24)31)33(29(26)19(3)32-28)40(35,36)20-15-13-18(2)14-16-20/h6-16H,5,17H2,1-4H3. The molecule has 206 valence electrons. The van der Waals surface area contributed by atoms with Gasteiger partial charge in [0.1, 0.15) is 11.5 Å². The van der Waals surface area contributed by atoms with E-state index in [9.17, 15) is 13.2 Å². The average molecular weight is 579 g/mol. The number of para-hydroxylation sites is 1. The molecule has 0 amide bonds. The highest BCUT2D eigenvalue weighted by Crippen LogP contribution is 2.43. The molecule has 0 bridgehead atoms. The van der Waals surface area contributed by atoms with Gasteiger partial charge in [-0.3, -0.25) is 0 Å². The van der Waals surface area contributed by atoms with Crippen LogP contribution in [0.15, 0.2) is 71.6 Å². The number of fused-ring (bicyclic) bond motifs is 3. The number of hydrogen-bond donors (Lipinski definition) is 0. The number of aromatic nitrogens is 2. The van der Waals surface area contributed by atoms with Crippen LogP contribution in [-0.4, -0.2) is 37.1 Å². The van der Waals surface area contributed by atoms with Crippen molar-refractivity contribution in [2.45, 2.75) is 32.3 Å². The zero-order valence-electron chi connectivity index (χ0n) is 22.4. The number of hydrogen-bond acceptors (Lipinski definition) is 7. The van der Waals surface area contributed by atoms with E-state index in [1.54, 1.807) is 80.6 Å². The highest BCUT2D eigenvalue weighted by molar-refractivity contribution is 7.90. The minimum absolute atomic E-state index is 0.0257. The van der Waals surface area contributed by atoms with E-state index in [1.807, 2.05) is 6.92 Å². The lowest BCUT2D eigenvalue weighted by Gasteiger charge is -2.14. The van der Waals surface area contributed by atoms with Crippen LogP contribution in [0.25, 0.3) is 21.8 Å². The Morgan fingerprint density at radius 2 is 1.65 bits per heavy atom. The van der Waals surface area contributed by atoms with E-state index in [1.165, 1.54) is 11.1 Å². The van der Waals surface area contributed by atoms with Crippen LogP contribution in [0.3, 0.4) is 0 Å². The number of rotatable bonds is 8. The molecule has 5 rings (SSSR count). The van der Waals surface area contributed by atoms with Gasteiger partial charge >= 0.3 is 5.97 Å². The summed E-state index contributed by atoms with van der Waals surface area (Å²) in [5, 5.41) is 1.32. The zero-order valence-corrected chi connectivity index (χ0v) is 24.0. The van der Waals surface area contributed by atoms with Crippen LogP contribution in [-0.2, 0) is 26.1 Å². The lowest BCUT2D eigenvalue weighted by atomic mass is 10.0. The molecule has 2 aromatic heterocycles. The Morgan fingerprint density at radius 1 is 0.950 bits per heavy atom. The molecule has 0 N–H and O–H groups in total. The quantitative estimate of drug-likeness (QED) is 0.186. The van der Waals surface area contributed by atoms with Crippen molar-refractivity contribution < 1.29 is 27.4 Å². The molecule has 0 aliphatic carbocycles. The van der Waals surface area contributed by atoms with E-state index in [-0.39, 0.29) is 23.8 Å². The maximum atomic E-state index is 14.3. The number of carbonyl (C=O) groups excluding carboxylic acids is 1. The Labute approximate surface area is 237 Å². The third kappa shape index (κ3) is 4.70. The van der Waals surface area contributed by atoms with Crippen molar-refractivity contribution in [3.8, 4) is 11.5 Å². The van der Waals surface area contributed by atoms with Gasteiger partial charge in [0.15, 0.2) is 5.69 Å². The molecule has 2 heterocycles. The monoisotopic (exact) mass is 578 g/mol. The summed E-state index contributed by atoms with van der Waals surface area (Å²) in [6.45, 7) is 5.37. The number of esters is 1. The Kier molecular flexibility index (Phi) is 7.55. The van der Waals surface area contributed by atoms with E-state index >= 15 is 0 Å². The van der Waals surface area contributed by atoms with Crippen molar-refractivity contribution in [3.05, 3.63) is 94.3 Å². The minimum atomic E-state index is -4.12. The molecule has 0 spiro atoms. The van der Waals surface area contributed by atoms with Gasteiger partial charge in [0, 0.05) is 18.1 Å². The van der Waals surface area contributed by atoms with E-state index in [0.29, 0.717) is 49.6 Å². The van der Waals surface area contributed by atoms with E-state index in [0.717, 1.165) is 5.56 Å². The van der Waals surface area contributed by atoms with Crippen LogP contribution >= 0.6 is 11.6 Å². The Bertz CT molecular complexity index is 1860. The van der Waals surface area contributed by atoms with Crippen LogP contribution in [0.5, 0.6) is 11.5 Å². The van der Waals surface area contributed by atoms with Crippen molar-refractivity contribution in [2.24, 2.45) is 0 Å². The van der Waals surface area contributed by atoms with Crippen molar-refractivity contribution >= 4 is 49.4 Å². The SMILES string of the molecule is CCOC(=O)c1nc(C)c2c(c1COC)c1c(Oc3ccccc3Cl)cccc1n2S(=O)(=O)c1ccc(C)cc1. The van der Waals surface area contributed by atoms with Gasteiger partial charge in [-0.1, -0.05) is 47.5 Å². The lowest BCUT2D eigenvalue weighted by molar-refractivity contribution is 0.0514. The van der Waals surface area contributed by atoms with E-state index < -0.39 is 16.0 Å². The predicted octanol–water partition coefficient (Wildman–Crippen LogP) is 6.81. The number of aryl methyl sites for hydroxylation is 2. The molecule has 0 saturated carbocycles. The first-order valence-electron chi connectivity index (χ1n) is 12.6. The van der Waals surface area contributed by atoms with E-state index in [4.69, 9.17) is 25.8 Å².